The lowest BCUT2D eigenvalue weighted by Gasteiger charge is -2.17. The molecule has 1 rings (SSSR count). The smallest absolute Gasteiger partial charge is 0.137 e. The van der Waals surface area contributed by atoms with E-state index in [-0.39, 0.29) is 5.75 Å². The maximum atomic E-state index is 9.72. The van der Waals surface area contributed by atoms with Crippen molar-refractivity contribution in [3.8, 4) is 5.75 Å². The van der Waals surface area contributed by atoms with E-state index in [0.717, 1.165) is 12.0 Å². The topological polar surface area (TPSA) is 20.2 Å². The predicted molar refractivity (Wildman–Crippen MR) is 61.3 cm³/mol. The molecule has 0 heterocycles. The Kier molecular flexibility index (Phi) is 3.43. The molecule has 14 heavy (non-hydrogen) atoms. The van der Waals surface area contributed by atoms with Gasteiger partial charge in [-0.3, -0.25) is 0 Å². The van der Waals surface area contributed by atoms with Crippen LogP contribution in [0.4, 0.5) is 0 Å². The van der Waals surface area contributed by atoms with Crippen molar-refractivity contribution in [3.63, 3.8) is 0 Å². The summed E-state index contributed by atoms with van der Waals surface area (Å²) >= 11 is 5.89. The van der Waals surface area contributed by atoms with Crippen LogP contribution in [0.15, 0.2) is 6.07 Å². The van der Waals surface area contributed by atoms with Crippen LogP contribution in [0.1, 0.15) is 42.9 Å². The van der Waals surface area contributed by atoms with Gasteiger partial charge in [-0.2, -0.15) is 0 Å². The zero-order chi connectivity index (χ0) is 10.9. The molecule has 0 radical (unpaired) electrons. The van der Waals surface area contributed by atoms with E-state index in [2.05, 4.69) is 13.8 Å². The Morgan fingerprint density at radius 3 is 2.50 bits per heavy atom. The van der Waals surface area contributed by atoms with Crippen molar-refractivity contribution in [2.75, 3.05) is 0 Å². The number of aryl methyl sites for hydroxylation is 1. The second kappa shape index (κ2) is 4.22. The molecule has 1 aromatic rings. The summed E-state index contributed by atoms with van der Waals surface area (Å²) in [5.41, 5.74) is 3.32. The Morgan fingerprint density at radius 1 is 1.43 bits per heavy atom. The van der Waals surface area contributed by atoms with E-state index in [1.807, 2.05) is 19.9 Å². The standard InChI is InChI=1S/C12H17ClO/c1-5-7(2)11-8(3)6-10(13)12(14)9(11)4/h6-7,14H,5H2,1-4H3. The zero-order valence-corrected chi connectivity index (χ0v) is 9.94. The number of phenolic OH excluding ortho intramolecular Hbond substituents is 1. The first-order valence-electron chi connectivity index (χ1n) is 4.97. The normalized spacial score (nSPS) is 12.9. The molecular formula is C12H17ClO. The van der Waals surface area contributed by atoms with Crippen LogP contribution in [0.3, 0.4) is 0 Å². The molecule has 2 heteroatoms. The minimum Gasteiger partial charge on any atom is -0.506 e. The maximum absolute atomic E-state index is 9.72. The monoisotopic (exact) mass is 212 g/mol. The third-order valence-electron chi connectivity index (χ3n) is 2.86. The van der Waals surface area contributed by atoms with Crippen molar-refractivity contribution in [2.24, 2.45) is 0 Å². The molecule has 1 unspecified atom stereocenters. The minimum absolute atomic E-state index is 0.229. The van der Waals surface area contributed by atoms with Gasteiger partial charge in [0.15, 0.2) is 0 Å². The first-order chi connectivity index (χ1) is 6.49. The summed E-state index contributed by atoms with van der Waals surface area (Å²) in [5.74, 6) is 0.700. The van der Waals surface area contributed by atoms with E-state index >= 15 is 0 Å². The highest BCUT2D eigenvalue weighted by Crippen LogP contribution is 2.36. The van der Waals surface area contributed by atoms with Crippen molar-refractivity contribution >= 4 is 11.6 Å². The summed E-state index contributed by atoms with van der Waals surface area (Å²) in [5, 5.41) is 10.2. The highest BCUT2D eigenvalue weighted by Gasteiger charge is 2.14. The van der Waals surface area contributed by atoms with Crippen molar-refractivity contribution in [1.82, 2.24) is 0 Å². The maximum Gasteiger partial charge on any atom is 0.137 e. The number of benzene rings is 1. The van der Waals surface area contributed by atoms with Gasteiger partial charge in [0.05, 0.1) is 5.02 Å². The summed E-state index contributed by atoms with van der Waals surface area (Å²) in [6, 6.07) is 1.84. The first-order valence-corrected chi connectivity index (χ1v) is 5.35. The Labute approximate surface area is 90.7 Å². The van der Waals surface area contributed by atoms with Gasteiger partial charge in [-0.05, 0) is 48.9 Å². The minimum atomic E-state index is 0.229. The average Bonchev–Trinajstić information content (AvgIpc) is 2.14. The Bertz CT molecular complexity index is 345. The SMILES string of the molecule is CCC(C)c1c(C)cc(Cl)c(O)c1C. The number of halogens is 1. The van der Waals surface area contributed by atoms with Gasteiger partial charge in [0.25, 0.3) is 0 Å². The van der Waals surface area contributed by atoms with Crippen LogP contribution in [0.25, 0.3) is 0 Å². The Morgan fingerprint density at radius 2 is 2.00 bits per heavy atom. The number of phenols is 1. The molecule has 1 aromatic carbocycles. The van der Waals surface area contributed by atoms with Gasteiger partial charge in [-0.15, -0.1) is 0 Å². The van der Waals surface area contributed by atoms with Crippen LogP contribution in [0.2, 0.25) is 5.02 Å². The van der Waals surface area contributed by atoms with Gasteiger partial charge in [-0.1, -0.05) is 25.4 Å². The predicted octanol–water partition coefficient (Wildman–Crippen LogP) is 4.18. The average molecular weight is 213 g/mol. The second-order valence-electron chi connectivity index (χ2n) is 3.87. The largest absolute Gasteiger partial charge is 0.506 e. The van der Waals surface area contributed by atoms with Crippen LogP contribution in [-0.2, 0) is 0 Å². The van der Waals surface area contributed by atoms with E-state index < -0.39 is 0 Å². The zero-order valence-electron chi connectivity index (χ0n) is 9.19. The molecule has 0 fully saturated rings. The highest BCUT2D eigenvalue weighted by molar-refractivity contribution is 6.32. The molecule has 0 aliphatic carbocycles. The molecule has 0 bridgehead atoms. The molecule has 1 nitrogen and oxygen atoms in total. The van der Waals surface area contributed by atoms with E-state index in [0.29, 0.717) is 10.9 Å². The van der Waals surface area contributed by atoms with Crippen LogP contribution in [0.5, 0.6) is 5.75 Å². The Hall–Kier alpha value is -0.690. The van der Waals surface area contributed by atoms with Crippen LogP contribution in [-0.4, -0.2) is 5.11 Å². The van der Waals surface area contributed by atoms with E-state index in [1.54, 1.807) is 0 Å². The summed E-state index contributed by atoms with van der Waals surface area (Å²) in [6.07, 6.45) is 1.07. The summed E-state index contributed by atoms with van der Waals surface area (Å²) < 4.78 is 0. The van der Waals surface area contributed by atoms with Gasteiger partial charge < -0.3 is 5.11 Å². The lowest BCUT2D eigenvalue weighted by molar-refractivity contribution is 0.469. The molecule has 0 saturated heterocycles. The van der Waals surface area contributed by atoms with Gasteiger partial charge >= 0.3 is 0 Å². The van der Waals surface area contributed by atoms with Crippen molar-refractivity contribution in [3.05, 3.63) is 27.8 Å². The van der Waals surface area contributed by atoms with Gasteiger partial charge in [-0.25, -0.2) is 0 Å². The van der Waals surface area contributed by atoms with E-state index in [9.17, 15) is 5.11 Å². The third-order valence-corrected chi connectivity index (χ3v) is 3.15. The molecule has 0 aliphatic heterocycles. The van der Waals surface area contributed by atoms with Crippen molar-refractivity contribution < 1.29 is 5.11 Å². The summed E-state index contributed by atoms with van der Waals surface area (Å²) in [7, 11) is 0. The molecule has 1 N–H and O–H groups in total. The molecule has 1 atom stereocenters. The fourth-order valence-electron chi connectivity index (χ4n) is 1.90. The molecular weight excluding hydrogens is 196 g/mol. The highest BCUT2D eigenvalue weighted by atomic mass is 35.5. The van der Waals surface area contributed by atoms with Gasteiger partial charge in [0, 0.05) is 0 Å². The van der Waals surface area contributed by atoms with Crippen molar-refractivity contribution in [1.29, 1.82) is 0 Å². The second-order valence-corrected chi connectivity index (χ2v) is 4.28. The quantitative estimate of drug-likeness (QED) is 0.780. The number of hydrogen-bond acceptors (Lipinski definition) is 1. The van der Waals surface area contributed by atoms with Crippen LogP contribution in [0, 0.1) is 13.8 Å². The van der Waals surface area contributed by atoms with Crippen LogP contribution >= 0.6 is 11.6 Å². The summed E-state index contributed by atoms with van der Waals surface area (Å²) in [4.78, 5) is 0. The molecule has 0 saturated carbocycles. The third kappa shape index (κ3) is 1.88. The van der Waals surface area contributed by atoms with E-state index in [1.165, 1.54) is 11.1 Å². The number of hydrogen-bond donors (Lipinski definition) is 1. The molecule has 0 spiro atoms. The molecule has 78 valence electrons. The Balaban J connectivity index is 3.36. The number of aromatic hydroxyl groups is 1. The molecule has 0 amide bonds. The first kappa shape index (κ1) is 11.4. The fourth-order valence-corrected chi connectivity index (χ4v) is 2.21. The lowest BCUT2D eigenvalue weighted by Crippen LogP contribution is -1.99. The molecule has 0 aliphatic rings. The van der Waals surface area contributed by atoms with Crippen molar-refractivity contribution in [2.45, 2.75) is 40.0 Å². The van der Waals surface area contributed by atoms with Gasteiger partial charge in [0.1, 0.15) is 5.75 Å². The fraction of sp³-hybridized carbons (Fsp3) is 0.500. The summed E-state index contributed by atoms with van der Waals surface area (Å²) in [6.45, 7) is 8.29. The molecule has 0 aromatic heterocycles. The van der Waals surface area contributed by atoms with E-state index in [4.69, 9.17) is 11.6 Å². The lowest BCUT2D eigenvalue weighted by atomic mass is 9.90. The number of rotatable bonds is 2. The van der Waals surface area contributed by atoms with Crippen LogP contribution < -0.4 is 0 Å². The van der Waals surface area contributed by atoms with Gasteiger partial charge in [0.2, 0.25) is 0 Å².